The molecule has 1 fully saturated rings. The molecule has 10 nitrogen and oxygen atoms in total. The zero-order valence-corrected chi connectivity index (χ0v) is 22.2. The lowest BCUT2D eigenvalue weighted by molar-refractivity contribution is -0.147. The number of hydrogen-bond acceptors (Lipinski definition) is 7. The Balaban J connectivity index is 0.000000521. The maximum absolute atomic E-state index is 13.1. The zero-order chi connectivity index (χ0) is 27.6. The molecular formula is C26H33ClN4O6. The number of carbonyl (C=O) groups excluding carboxylic acids is 1. The van der Waals surface area contributed by atoms with Gasteiger partial charge in [0.15, 0.2) is 5.60 Å². The highest BCUT2D eigenvalue weighted by atomic mass is 35.5. The molecule has 0 aliphatic carbocycles. The third-order valence-electron chi connectivity index (χ3n) is 5.81. The minimum Gasteiger partial charge on any atom is -0.478 e. The molecule has 2 N–H and O–H groups in total. The number of carboxylic acids is 2. The maximum atomic E-state index is 13.1. The smallest absolute Gasteiger partial charge is 0.328 e. The summed E-state index contributed by atoms with van der Waals surface area (Å²) in [6.45, 7) is 8.27. The van der Waals surface area contributed by atoms with E-state index in [0.29, 0.717) is 18.0 Å². The number of aromatic nitrogens is 2. The molecule has 0 unspecified atom stereocenters. The molecule has 3 rings (SSSR count). The van der Waals surface area contributed by atoms with Crippen LogP contribution in [0.1, 0.15) is 37.8 Å². The average molecular weight is 533 g/mol. The first kappa shape index (κ1) is 29.7. The number of carboxylic acid groups (broad SMARTS) is 2. The first-order valence-corrected chi connectivity index (χ1v) is 12.1. The summed E-state index contributed by atoms with van der Waals surface area (Å²) in [4.78, 5) is 44.6. The summed E-state index contributed by atoms with van der Waals surface area (Å²) in [6.07, 6.45) is 4.61. The first-order valence-electron chi connectivity index (χ1n) is 11.7. The fraction of sp³-hybridized carbons (Fsp3) is 0.423. The van der Waals surface area contributed by atoms with Crippen LogP contribution in [0.15, 0.2) is 48.7 Å². The monoisotopic (exact) mass is 532 g/mol. The van der Waals surface area contributed by atoms with E-state index in [0.717, 1.165) is 38.0 Å². The zero-order valence-electron chi connectivity index (χ0n) is 21.4. The van der Waals surface area contributed by atoms with E-state index >= 15 is 0 Å². The topological polar surface area (TPSA) is 133 Å². The standard InChI is InChI=1S/C22H29ClN4O2.C4H4O4/c1-16-14-24-21(23)25-19(16)29-22(2,3)20(28)26(4)18-10-12-27(13-11-18)15-17-8-6-5-7-9-17;5-3(6)1-2-4(7)8/h5-9,14,18H,10-13,15H2,1-4H3;1-2H,(H,5,6)(H,7,8). The molecule has 1 aliphatic rings. The number of halogens is 1. The normalized spacial score (nSPS) is 14.5. The Labute approximate surface area is 221 Å². The summed E-state index contributed by atoms with van der Waals surface area (Å²) in [5.41, 5.74) is 1.02. The van der Waals surface area contributed by atoms with Gasteiger partial charge >= 0.3 is 11.9 Å². The molecule has 200 valence electrons. The minimum atomic E-state index is -1.26. The van der Waals surface area contributed by atoms with Crippen LogP contribution in [0.25, 0.3) is 0 Å². The van der Waals surface area contributed by atoms with Gasteiger partial charge in [0.1, 0.15) is 0 Å². The molecule has 1 aliphatic heterocycles. The summed E-state index contributed by atoms with van der Waals surface area (Å²) in [6, 6.07) is 10.7. The lowest BCUT2D eigenvalue weighted by Crippen LogP contribution is -2.53. The number of hydrogen-bond donors (Lipinski definition) is 2. The predicted octanol–water partition coefficient (Wildman–Crippen LogP) is 3.43. The number of carbonyl (C=O) groups is 3. The van der Waals surface area contributed by atoms with Gasteiger partial charge in [0, 0.05) is 56.6 Å². The number of benzene rings is 1. The van der Waals surface area contributed by atoms with Crippen LogP contribution < -0.4 is 4.74 Å². The third kappa shape index (κ3) is 9.82. The number of likely N-dealkylation sites (N-methyl/N-ethyl adjacent to an activating group) is 1. The molecule has 0 bridgehead atoms. The van der Waals surface area contributed by atoms with Crippen molar-refractivity contribution in [2.24, 2.45) is 0 Å². The summed E-state index contributed by atoms with van der Waals surface area (Å²) < 4.78 is 5.95. The number of aliphatic carboxylic acids is 2. The fourth-order valence-electron chi connectivity index (χ4n) is 3.83. The molecule has 1 saturated heterocycles. The van der Waals surface area contributed by atoms with Gasteiger partial charge in [-0.2, -0.15) is 4.98 Å². The third-order valence-corrected chi connectivity index (χ3v) is 5.99. The Morgan fingerprint density at radius 3 is 2.24 bits per heavy atom. The molecule has 1 aromatic heterocycles. The predicted molar refractivity (Wildman–Crippen MR) is 138 cm³/mol. The lowest BCUT2D eigenvalue weighted by atomic mass is 10.00. The SMILES string of the molecule is Cc1cnc(Cl)nc1OC(C)(C)C(=O)N(C)C1CCN(Cc2ccccc2)CC1.O=C(O)C=CC(=O)O. The fourth-order valence-corrected chi connectivity index (χ4v) is 3.96. The Kier molecular flexibility index (Phi) is 11.0. The van der Waals surface area contributed by atoms with Crippen LogP contribution >= 0.6 is 11.6 Å². The van der Waals surface area contributed by atoms with Gasteiger partial charge in [-0.15, -0.1) is 0 Å². The Bertz CT molecular complexity index is 1090. The molecule has 2 heterocycles. The van der Waals surface area contributed by atoms with Crippen molar-refractivity contribution < 1.29 is 29.3 Å². The largest absolute Gasteiger partial charge is 0.478 e. The summed E-state index contributed by atoms with van der Waals surface area (Å²) in [7, 11) is 1.87. The van der Waals surface area contributed by atoms with Gasteiger partial charge in [0.2, 0.25) is 11.2 Å². The van der Waals surface area contributed by atoms with Crippen LogP contribution in [0.2, 0.25) is 5.28 Å². The summed E-state index contributed by atoms with van der Waals surface area (Å²) >= 11 is 5.88. The second-order valence-electron chi connectivity index (χ2n) is 9.16. The van der Waals surface area contributed by atoms with Gasteiger partial charge in [-0.05, 0) is 50.8 Å². The van der Waals surface area contributed by atoms with Gasteiger partial charge in [-0.25, -0.2) is 14.6 Å². The highest BCUT2D eigenvalue weighted by Crippen LogP contribution is 2.25. The second kappa shape index (κ2) is 13.7. The minimum absolute atomic E-state index is 0.0619. The van der Waals surface area contributed by atoms with E-state index in [2.05, 4.69) is 39.1 Å². The van der Waals surface area contributed by atoms with E-state index in [4.69, 9.17) is 26.6 Å². The number of amides is 1. The number of rotatable bonds is 8. The number of piperidine rings is 1. The molecule has 37 heavy (non-hydrogen) atoms. The van der Waals surface area contributed by atoms with Crippen molar-refractivity contribution in [3.8, 4) is 5.88 Å². The van der Waals surface area contributed by atoms with Crippen LogP contribution in [0.4, 0.5) is 0 Å². The van der Waals surface area contributed by atoms with E-state index in [-0.39, 0.29) is 17.2 Å². The molecule has 0 atom stereocenters. The highest BCUT2D eigenvalue weighted by molar-refractivity contribution is 6.28. The van der Waals surface area contributed by atoms with Crippen molar-refractivity contribution in [1.29, 1.82) is 0 Å². The first-order chi connectivity index (χ1) is 17.4. The van der Waals surface area contributed by atoms with Crippen molar-refractivity contribution in [2.45, 2.75) is 51.8 Å². The van der Waals surface area contributed by atoms with Crippen molar-refractivity contribution >= 4 is 29.4 Å². The van der Waals surface area contributed by atoms with Crippen molar-refractivity contribution in [3.63, 3.8) is 0 Å². The van der Waals surface area contributed by atoms with Crippen molar-refractivity contribution in [1.82, 2.24) is 19.8 Å². The number of likely N-dealkylation sites (tertiary alicyclic amines) is 1. The second-order valence-corrected chi connectivity index (χ2v) is 9.50. The van der Waals surface area contributed by atoms with E-state index in [1.807, 2.05) is 24.9 Å². The molecular weight excluding hydrogens is 500 g/mol. The molecule has 11 heteroatoms. The van der Waals surface area contributed by atoms with E-state index < -0.39 is 17.5 Å². The van der Waals surface area contributed by atoms with Gasteiger partial charge in [-0.3, -0.25) is 9.69 Å². The van der Waals surface area contributed by atoms with Gasteiger partial charge in [-0.1, -0.05) is 30.3 Å². The number of ether oxygens (including phenoxy) is 1. The number of aryl methyl sites for hydroxylation is 1. The Morgan fingerprint density at radius 1 is 1.14 bits per heavy atom. The molecule has 0 spiro atoms. The highest BCUT2D eigenvalue weighted by Gasteiger charge is 2.37. The summed E-state index contributed by atoms with van der Waals surface area (Å²) in [5.74, 6) is -2.23. The van der Waals surface area contributed by atoms with Crippen LogP contribution in [0.3, 0.4) is 0 Å². The van der Waals surface area contributed by atoms with E-state index in [1.54, 1.807) is 20.0 Å². The Hall–Kier alpha value is -3.50. The van der Waals surface area contributed by atoms with Crippen LogP contribution in [0, 0.1) is 6.92 Å². The Morgan fingerprint density at radius 2 is 1.70 bits per heavy atom. The molecule has 0 saturated carbocycles. The van der Waals surface area contributed by atoms with Crippen LogP contribution in [-0.2, 0) is 20.9 Å². The van der Waals surface area contributed by atoms with Crippen molar-refractivity contribution in [2.75, 3.05) is 20.1 Å². The van der Waals surface area contributed by atoms with Gasteiger partial charge in [0.05, 0.1) is 0 Å². The molecule has 0 radical (unpaired) electrons. The lowest BCUT2D eigenvalue weighted by Gasteiger charge is -2.39. The number of nitrogens with zero attached hydrogens (tertiary/aromatic N) is 4. The van der Waals surface area contributed by atoms with Crippen LogP contribution in [-0.4, -0.2) is 79.6 Å². The van der Waals surface area contributed by atoms with Gasteiger partial charge in [0.25, 0.3) is 5.91 Å². The molecule has 2 aromatic rings. The maximum Gasteiger partial charge on any atom is 0.328 e. The van der Waals surface area contributed by atoms with E-state index in [9.17, 15) is 14.4 Å². The molecule has 1 aromatic carbocycles. The van der Waals surface area contributed by atoms with Gasteiger partial charge < -0.3 is 19.8 Å². The van der Waals surface area contributed by atoms with Crippen LogP contribution in [0.5, 0.6) is 5.88 Å². The quantitative estimate of drug-likeness (QED) is 0.387. The summed E-state index contributed by atoms with van der Waals surface area (Å²) in [5, 5.41) is 15.7. The van der Waals surface area contributed by atoms with Crippen molar-refractivity contribution in [3.05, 3.63) is 65.1 Å². The molecule has 1 amide bonds. The van der Waals surface area contributed by atoms with E-state index in [1.165, 1.54) is 5.56 Å². The average Bonchev–Trinajstić information content (AvgIpc) is 2.85.